The predicted molar refractivity (Wildman–Crippen MR) is 127 cm³/mol. The van der Waals surface area contributed by atoms with Crippen molar-refractivity contribution >= 4 is 22.4 Å². The first-order valence-electron chi connectivity index (χ1n) is 11.4. The van der Waals surface area contributed by atoms with Gasteiger partial charge in [-0.3, -0.25) is 0 Å². The fourth-order valence-corrected chi connectivity index (χ4v) is 6.54. The molecule has 1 aliphatic heterocycles. The second-order valence-corrected chi connectivity index (χ2v) is 9.43. The van der Waals surface area contributed by atoms with Crippen molar-refractivity contribution in [2.45, 2.75) is 31.2 Å². The molecule has 0 bridgehead atoms. The molecule has 32 heavy (non-hydrogen) atoms. The molecule has 1 heterocycles. The van der Waals surface area contributed by atoms with Crippen LogP contribution in [-0.2, 0) is 19.3 Å². The van der Waals surface area contributed by atoms with E-state index in [9.17, 15) is 9.90 Å². The number of hydrogen-bond acceptors (Lipinski definition) is 2. The molecular weight excluding hydrogens is 394 g/mol. The summed E-state index contributed by atoms with van der Waals surface area (Å²) < 4.78 is 0. The lowest BCUT2D eigenvalue weighted by molar-refractivity contribution is 0.0696. The Hall–Kier alpha value is -3.59. The van der Waals surface area contributed by atoms with Gasteiger partial charge in [0.15, 0.2) is 0 Å². The number of fused-ring (bicyclic) bond motifs is 5. The molecule has 0 amide bonds. The third kappa shape index (κ3) is 2.39. The van der Waals surface area contributed by atoms with Crippen LogP contribution in [0.3, 0.4) is 0 Å². The number of nitrogens with one attached hydrogen (secondary N) is 1. The topological polar surface area (TPSA) is 49.3 Å². The molecule has 3 aliphatic rings. The summed E-state index contributed by atoms with van der Waals surface area (Å²) >= 11 is 0. The van der Waals surface area contributed by atoms with Crippen LogP contribution in [0.15, 0.2) is 72.8 Å². The van der Waals surface area contributed by atoms with Gasteiger partial charge < -0.3 is 10.4 Å². The summed E-state index contributed by atoms with van der Waals surface area (Å²) in [6.07, 6.45) is 3.26. The molecule has 4 aromatic carbocycles. The zero-order valence-corrected chi connectivity index (χ0v) is 17.6. The van der Waals surface area contributed by atoms with Gasteiger partial charge in [-0.2, -0.15) is 0 Å². The summed E-state index contributed by atoms with van der Waals surface area (Å²) in [5.41, 5.74) is 9.55. The summed E-state index contributed by atoms with van der Waals surface area (Å²) in [4.78, 5) is 11.7. The Morgan fingerprint density at radius 3 is 2.50 bits per heavy atom. The van der Waals surface area contributed by atoms with Gasteiger partial charge in [0, 0.05) is 11.6 Å². The summed E-state index contributed by atoms with van der Waals surface area (Å²) in [6.45, 7) is 0. The molecular formula is C29H23NO2. The number of hydrogen-bond donors (Lipinski definition) is 2. The lowest BCUT2D eigenvalue weighted by atomic mass is 9.74. The number of carboxylic acid groups (broad SMARTS) is 1. The lowest BCUT2D eigenvalue weighted by Gasteiger charge is -2.38. The Morgan fingerprint density at radius 1 is 0.812 bits per heavy atom. The van der Waals surface area contributed by atoms with Gasteiger partial charge in [-0.15, -0.1) is 0 Å². The van der Waals surface area contributed by atoms with Crippen molar-refractivity contribution in [3.8, 4) is 0 Å². The minimum Gasteiger partial charge on any atom is -0.478 e. The first-order chi connectivity index (χ1) is 15.7. The highest BCUT2D eigenvalue weighted by Gasteiger charge is 2.44. The number of carbonyl (C=O) groups is 1. The Balaban J connectivity index is 1.45. The zero-order chi connectivity index (χ0) is 21.4. The van der Waals surface area contributed by atoms with Gasteiger partial charge in [-0.1, -0.05) is 54.6 Å². The lowest BCUT2D eigenvalue weighted by Crippen LogP contribution is -2.30. The summed E-state index contributed by atoms with van der Waals surface area (Å²) in [5, 5.41) is 16.3. The number of carboxylic acids is 1. The van der Waals surface area contributed by atoms with Crippen molar-refractivity contribution in [3.05, 3.63) is 112 Å². The molecule has 0 aromatic heterocycles. The molecule has 4 aromatic rings. The maximum absolute atomic E-state index is 11.7. The van der Waals surface area contributed by atoms with E-state index in [1.807, 2.05) is 12.1 Å². The molecule has 0 radical (unpaired) electrons. The second kappa shape index (κ2) is 6.46. The highest BCUT2D eigenvalue weighted by molar-refractivity contribution is 5.94. The number of aryl methyl sites for hydroxylation is 2. The van der Waals surface area contributed by atoms with E-state index in [0.29, 0.717) is 11.5 Å². The van der Waals surface area contributed by atoms with Crippen LogP contribution in [0.2, 0.25) is 0 Å². The largest absolute Gasteiger partial charge is 0.478 e. The van der Waals surface area contributed by atoms with Crippen molar-refractivity contribution in [2.75, 3.05) is 5.32 Å². The molecule has 3 atom stereocenters. The smallest absolute Gasteiger partial charge is 0.335 e. The predicted octanol–water partition coefficient (Wildman–Crippen LogP) is 6.11. The van der Waals surface area contributed by atoms with Crippen molar-refractivity contribution in [3.63, 3.8) is 0 Å². The molecule has 7 rings (SSSR count). The van der Waals surface area contributed by atoms with E-state index in [1.54, 1.807) is 6.07 Å². The maximum atomic E-state index is 11.7. The van der Waals surface area contributed by atoms with Crippen LogP contribution >= 0.6 is 0 Å². The molecule has 0 fully saturated rings. The van der Waals surface area contributed by atoms with Gasteiger partial charge in [0.05, 0.1) is 11.6 Å². The minimum absolute atomic E-state index is 0.181. The molecule has 156 valence electrons. The van der Waals surface area contributed by atoms with Crippen LogP contribution in [-0.4, -0.2) is 11.1 Å². The molecule has 0 unspecified atom stereocenters. The Morgan fingerprint density at radius 2 is 1.62 bits per heavy atom. The van der Waals surface area contributed by atoms with Crippen molar-refractivity contribution in [2.24, 2.45) is 5.92 Å². The molecule has 2 N–H and O–H groups in total. The molecule has 0 saturated carbocycles. The standard InChI is InChI=1S/C29H23NO2/c31-29(32)19-11-13-25-23(15-19)27-20-6-2-1-4-18(20)14-24(27)28(30-25)22-12-10-17-9-8-16-5-3-7-21(22)26(16)17/h1-7,10-13,15,24,27-28,30H,8-9,14H2,(H,31,32)/t24-,27+,28+/m1/s1. The fourth-order valence-electron chi connectivity index (χ4n) is 6.54. The highest BCUT2D eigenvalue weighted by atomic mass is 16.4. The summed E-state index contributed by atoms with van der Waals surface area (Å²) in [7, 11) is 0. The van der Waals surface area contributed by atoms with E-state index in [1.165, 1.54) is 38.6 Å². The first-order valence-corrected chi connectivity index (χ1v) is 11.4. The maximum Gasteiger partial charge on any atom is 0.335 e. The van der Waals surface area contributed by atoms with Crippen molar-refractivity contribution < 1.29 is 9.90 Å². The second-order valence-electron chi connectivity index (χ2n) is 9.43. The number of rotatable bonds is 2. The van der Waals surface area contributed by atoms with Crippen LogP contribution in [0, 0.1) is 5.92 Å². The Bertz CT molecular complexity index is 1430. The van der Waals surface area contributed by atoms with Crippen LogP contribution < -0.4 is 5.32 Å². The average Bonchev–Trinajstić information content (AvgIpc) is 3.42. The Kier molecular flexibility index (Phi) is 3.64. The molecule has 0 spiro atoms. The van der Waals surface area contributed by atoms with Gasteiger partial charge in [0.2, 0.25) is 0 Å². The van der Waals surface area contributed by atoms with Crippen LogP contribution in [0.25, 0.3) is 10.8 Å². The number of benzene rings is 4. The first kappa shape index (κ1) is 18.0. The molecule has 3 heteroatoms. The fraction of sp³-hybridized carbons (Fsp3) is 0.207. The Labute approximate surface area is 186 Å². The van der Waals surface area contributed by atoms with E-state index in [0.717, 1.165) is 30.5 Å². The van der Waals surface area contributed by atoms with Gasteiger partial charge in [0.1, 0.15) is 0 Å². The monoisotopic (exact) mass is 417 g/mol. The zero-order valence-electron chi connectivity index (χ0n) is 17.6. The van der Waals surface area contributed by atoms with Crippen molar-refractivity contribution in [1.29, 1.82) is 0 Å². The van der Waals surface area contributed by atoms with Crippen LogP contribution in [0.4, 0.5) is 5.69 Å². The quantitative estimate of drug-likeness (QED) is 0.414. The molecule has 0 saturated heterocycles. The molecule has 2 aliphatic carbocycles. The van der Waals surface area contributed by atoms with E-state index < -0.39 is 5.97 Å². The summed E-state index contributed by atoms with van der Waals surface area (Å²) in [6, 6.07) is 25.9. The third-order valence-corrected chi connectivity index (χ3v) is 7.89. The van der Waals surface area contributed by atoms with Gasteiger partial charge >= 0.3 is 5.97 Å². The highest BCUT2D eigenvalue weighted by Crippen LogP contribution is 2.55. The summed E-state index contributed by atoms with van der Waals surface area (Å²) in [5.74, 6) is -0.317. The van der Waals surface area contributed by atoms with Crippen molar-refractivity contribution in [1.82, 2.24) is 0 Å². The van der Waals surface area contributed by atoms with Gasteiger partial charge in [-0.25, -0.2) is 4.79 Å². The van der Waals surface area contributed by atoms with Crippen LogP contribution in [0.1, 0.15) is 55.7 Å². The third-order valence-electron chi connectivity index (χ3n) is 7.89. The normalized spacial score (nSPS) is 22.2. The van der Waals surface area contributed by atoms with Gasteiger partial charge in [-0.05, 0) is 87.5 Å². The van der Waals surface area contributed by atoms with Gasteiger partial charge in [0.25, 0.3) is 0 Å². The molecule has 3 nitrogen and oxygen atoms in total. The van der Waals surface area contributed by atoms with E-state index in [-0.39, 0.29) is 12.0 Å². The number of aromatic carboxylic acids is 1. The van der Waals surface area contributed by atoms with E-state index >= 15 is 0 Å². The number of anilines is 1. The minimum atomic E-state index is -0.870. The van der Waals surface area contributed by atoms with Crippen LogP contribution in [0.5, 0.6) is 0 Å². The average molecular weight is 418 g/mol. The van der Waals surface area contributed by atoms with E-state index in [4.69, 9.17) is 0 Å². The van der Waals surface area contributed by atoms with E-state index in [2.05, 4.69) is 59.9 Å². The SMILES string of the molecule is O=C(O)c1ccc2c(c1)[C@@H]1c3ccccc3C[C@H]1[C@H](c1ccc3c4c(cccc14)CC3)N2.